The summed E-state index contributed by atoms with van der Waals surface area (Å²) >= 11 is 0. The zero-order valence-electron chi connectivity index (χ0n) is 7.98. The molecule has 1 heterocycles. The van der Waals surface area contributed by atoms with E-state index in [0.717, 1.165) is 6.54 Å². The molecule has 1 nitrogen and oxygen atoms in total. The van der Waals surface area contributed by atoms with Gasteiger partial charge in [0.25, 0.3) is 0 Å². The number of nitrogens with zero attached hydrogens (tertiary/aromatic N) is 1. The van der Waals surface area contributed by atoms with Gasteiger partial charge >= 0.3 is 0 Å². The van der Waals surface area contributed by atoms with Crippen LogP contribution < -0.4 is 0 Å². The van der Waals surface area contributed by atoms with Crippen LogP contribution in [0.3, 0.4) is 0 Å². The maximum absolute atomic E-state index is 4.61. The van der Waals surface area contributed by atoms with Crippen LogP contribution in [0.25, 0.3) is 0 Å². The van der Waals surface area contributed by atoms with Crippen LogP contribution in [-0.2, 0) is 0 Å². The van der Waals surface area contributed by atoms with Crippen molar-refractivity contribution >= 4 is 5.71 Å². The Balaban J connectivity index is 2.61. The Kier molecular flexibility index (Phi) is 2.69. The van der Waals surface area contributed by atoms with Crippen molar-refractivity contribution in [3.05, 3.63) is 0 Å². The van der Waals surface area contributed by atoms with Crippen LogP contribution in [0, 0.1) is 5.41 Å². The highest BCUT2D eigenvalue weighted by Gasteiger charge is 2.18. The van der Waals surface area contributed by atoms with Gasteiger partial charge in [-0.15, -0.1) is 0 Å². The van der Waals surface area contributed by atoms with Gasteiger partial charge in [0.05, 0.1) is 0 Å². The highest BCUT2D eigenvalue weighted by molar-refractivity contribution is 5.89. The molecule has 0 atom stereocenters. The average Bonchev–Trinajstić information content (AvgIpc) is 2.10. The van der Waals surface area contributed by atoms with Crippen LogP contribution >= 0.6 is 0 Å². The standard InChI is InChI=1S/C10H19N/c1-10(2,3)9-7-5-4-6-8-11-9/h4-8H2,1-3H3. The van der Waals surface area contributed by atoms with E-state index in [4.69, 9.17) is 0 Å². The van der Waals surface area contributed by atoms with Gasteiger partial charge in [-0.25, -0.2) is 0 Å². The lowest BCUT2D eigenvalue weighted by Gasteiger charge is -2.20. The number of hydrogen-bond acceptors (Lipinski definition) is 1. The summed E-state index contributed by atoms with van der Waals surface area (Å²) in [6.07, 6.45) is 5.22. The van der Waals surface area contributed by atoms with E-state index in [9.17, 15) is 0 Å². The van der Waals surface area contributed by atoms with E-state index in [2.05, 4.69) is 25.8 Å². The Hall–Kier alpha value is -0.330. The molecule has 0 saturated carbocycles. The van der Waals surface area contributed by atoms with Crippen LogP contribution in [0.2, 0.25) is 0 Å². The van der Waals surface area contributed by atoms with Crippen molar-refractivity contribution in [1.82, 2.24) is 0 Å². The van der Waals surface area contributed by atoms with E-state index in [1.807, 2.05) is 0 Å². The fourth-order valence-corrected chi connectivity index (χ4v) is 1.49. The van der Waals surface area contributed by atoms with E-state index in [-0.39, 0.29) is 0 Å². The monoisotopic (exact) mass is 153 g/mol. The topological polar surface area (TPSA) is 12.4 Å². The van der Waals surface area contributed by atoms with Crippen LogP contribution in [0.1, 0.15) is 46.5 Å². The quantitative estimate of drug-likeness (QED) is 0.507. The molecule has 64 valence electrons. The summed E-state index contributed by atoms with van der Waals surface area (Å²) in [4.78, 5) is 4.61. The second-order valence-electron chi connectivity index (χ2n) is 4.39. The van der Waals surface area contributed by atoms with E-state index >= 15 is 0 Å². The zero-order valence-corrected chi connectivity index (χ0v) is 7.98. The molecule has 0 unspecified atom stereocenters. The number of rotatable bonds is 0. The minimum atomic E-state index is 0.310. The van der Waals surface area contributed by atoms with Gasteiger partial charge in [-0.1, -0.05) is 27.2 Å². The van der Waals surface area contributed by atoms with Crippen LogP contribution in [0.4, 0.5) is 0 Å². The molecule has 0 bridgehead atoms. The van der Waals surface area contributed by atoms with Gasteiger partial charge in [-0.2, -0.15) is 0 Å². The summed E-state index contributed by atoms with van der Waals surface area (Å²) in [6.45, 7) is 7.85. The highest BCUT2D eigenvalue weighted by Crippen LogP contribution is 2.22. The average molecular weight is 153 g/mol. The lowest BCUT2D eigenvalue weighted by atomic mass is 9.87. The van der Waals surface area contributed by atoms with Crippen molar-refractivity contribution in [2.45, 2.75) is 46.5 Å². The molecular formula is C10H19N. The summed E-state index contributed by atoms with van der Waals surface area (Å²) in [5.41, 5.74) is 1.74. The summed E-state index contributed by atoms with van der Waals surface area (Å²) < 4.78 is 0. The van der Waals surface area contributed by atoms with Crippen LogP contribution in [0.15, 0.2) is 4.99 Å². The Morgan fingerprint density at radius 2 is 1.82 bits per heavy atom. The summed E-state index contributed by atoms with van der Waals surface area (Å²) in [6, 6.07) is 0. The van der Waals surface area contributed by atoms with Crippen molar-refractivity contribution in [2.24, 2.45) is 10.4 Å². The van der Waals surface area contributed by atoms with E-state index in [1.165, 1.54) is 31.4 Å². The Labute approximate surface area is 69.9 Å². The maximum atomic E-state index is 4.61. The molecule has 1 rings (SSSR count). The molecule has 0 N–H and O–H groups in total. The first-order valence-corrected chi connectivity index (χ1v) is 4.64. The summed E-state index contributed by atoms with van der Waals surface area (Å²) in [5.74, 6) is 0. The second kappa shape index (κ2) is 3.38. The van der Waals surface area contributed by atoms with Gasteiger partial charge in [0.2, 0.25) is 0 Å². The third-order valence-corrected chi connectivity index (χ3v) is 2.24. The van der Waals surface area contributed by atoms with E-state index in [0.29, 0.717) is 5.41 Å². The van der Waals surface area contributed by atoms with Crippen molar-refractivity contribution in [3.8, 4) is 0 Å². The molecule has 0 fully saturated rings. The minimum absolute atomic E-state index is 0.310. The Morgan fingerprint density at radius 3 is 2.45 bits per heavy atom. The molecule has 0 aromatic carbocycles. The zero-order chi connectivity index (χ0) is 8.32. The molecule has 0 radical (unpaired) electrons. The summed E-state index contributed by atoms with van der Waals surface area (Å²) in [5, 5.41) is 0. The second-order valence-corrected chi connectivity index (χ2v) is 4.39. The summed E-state index contributed by atoms with van der Waals surface area (Å²) in [7, 11) is 0. The minimum Gasteiger partial charge on any atom is -0.294 e. The molecule has 1 aliphatic rings. The number of hydrogen-bond donors (Lipinski definition) is 0. The molecule has 1 heteroatoms. The molecule has 0 amide bonds. The SMILES string of the molecule is CC(C)(C)C1=NCCCCC1. The van der Waals surface area contributed by atoms with Crippen LogP contribution in [-0.4, -0.2) is 12.3 Å². The van der Waals surface area contributed by atoms with Gasteiger partial charge in [-0.3, -0.25) is 4.99 Å². The Morgan fingerprint density at radius 1 is 1.09 bits per heavy atom. The first-order chi connectivity index (χ1) is 5.11. The lowest BCUT2D eigenvalue weighted by molar-refractivity contribution is 0.573. The van der Waals surface area contributed by atoms with Crippen molar-refractivity contribution in [3.63, 3.8) is 0 Å². The molecular weight excluding hydrogens is 134 g/mol. The van der Waals surface area contributed by atoms with Crippen LogP contribution in [0.5, 0.6) is 0 Å². The molecule has 0 aliphatic carbocycles. The predicted octanol–water partition coefficient (Wildman–Crippen LogP) is 3.05. The van der Waals surface area contributed by atoms with E-state index in [1.54, 1.807) is 0 Å². The van der Waals surface area contributed by atoms with Crippen molar-refractivity contribution in [1.29, 1.82) is 0 Å². The molecule has 0 aromatic rings. The highest BCUT2D eigenvalue weighted by atomic mass is 14.8. The maximum Gasteiger partial charge on any atom is 0.0388 e. The fourth-order valence-electron chi connectivity index (χ4n) is 1.49. The third kappa shape index (κ3) is 2.64. The molecule has 0 spiro atoms. The van der Waals surface area contributed by atoms with E-state index < -0.39 is 0 Å². The van der Waals surface area contributed by atoms with Crippen molar-refractivity contribution < 1.29 is 0 Å². The van der Waals surface area contributed by atoms with Gasteiger partial charge in [0, 0.05) is 12.3 Å². The van der Waals surface area contributed by atoms with Gasteiger partial charge in [0.15, 0.2) is 0 Å². The molecule has 0 saturated heterocycles. The van der Waals surface area contributed by atoms with Gasteiger partial charge in [0.1, 0.15) is 0 Å². The van der Waals surface area contributed by atoms with Crippen molar-refractivity contribution in [2.75, 3.05) is 6.54 Å². The molecule has 11 heavy (non-hydrogen) atoms. The predicted molar refractivity (Wildman–Crippen MR) is 50.2 cm³/mol. The third-order valence-electron chi connectivity index (χ3n) is 2.24. The lowest BCUT2D eigenvalue weighted by Crippen LogP contribution is -2.19. The van der Waals surface area contributed by atoms with Gasteiger partial charge < -0.3 is 0 Å². The normalized spacial score (nSPS) is 20.8. The molecule has 0 aromatic heterocycles. The first kappa shape index (κ1) is 8.76. The van der Waals surface area contributed by atoms with Gasteiger partial charge in [-0.05, 0) is 24.7 Å². The number of aliphatic imine (C=N–C) groups is 1. The fraction of sp³-hybridized carbons (Fsp3) is 0.900. The first-order valence-electron chi connectivity index (χ1n) is 4.64. The Bertz CT molecular complexity index is 151. The molecule has 1 aliphatic heterocycles. The largest absolute Gasteiger partial charge is 0.294 e. The smallest absolute Gasteiger partial charge is 0.0388 e.